The van der Waals surface area contributed by atoms with E-state index in [0.29, 0.717) is 27.4 Å². The van der Waals surface area contributed by atoms with Crippen LogP contribution in [-0.2, 0) is 9.59 Å². The first-order valence-electron chi connectivity index (χ1n) is 9.77. The number of carbonyl (C=O) groups excluding carboxylic acids is 2. The van der Waals surface area contributed by atoms with Crippen molar-refractivity contribution in [3.63, 3.8) is 0 Å². The van der Waals surface area contributed by atoms with Crippen molar-refractivity contribution in [3.05, 3.63) is 77.0 Å². The van der Waals surface area contributed by atoms with E-state index in [0.717, 1.165) is 11.1 Å². The van der Waals surface area contributed by atoms with E-state index in [1.807, 2.05) is 49.4 Å². The highest BCUT2D eigenvalue weighted by atomic mass is 35.5. The van der Waals surface area contributed by atoms with E-state index in [-0.39, 0.29) is 18.2 Å². The molecule has 1 atom stereocenters. The molecule has 3 aromatic rings. The van der Waals surface area contributed by atoms with Crippen LogP contribution >= 0.6 is 23.4 Å². The Morgan fingerprint density at radius 3 is 2.81 bits per heavy atom. The Morgan fingerprint density at radius 1 is 1.22 bits per heavy atom. The second kappa shape index (κ2) is 9.84. The number of rotatable bonds is 6. The van der Waals surface area contributed by atoms with Crippen LogP contribution in [0, 0.1) is 6.92 Å². The van der Waals surface area contributed by atoms with Crippen LogP contribution in [0.25, 0.3) is 11.3 Å². The molecule has 1 aromatic heterocycles. The Labute approximate surface area is 193 Å². The minimum absolute atomic E-state index is 0.0360. The van der Waals surface area contributed by atoms with Gasteiger partial charge in [-0.15, -0.1) is 5.10 Å². The second-order valence-electron chi connectivity index (χ2n) is 7.08. The smallest absolute Gasteiger partial charge is 0.240 e. The molecule has 162 valence electrons. The molecule has 0 saturated carbocycles. The van der Waals surface area contributed by atoms with Crippen LogP contribution in [0.3, 0.4) is 0 Å². The number of hydrogen-bond acceptors (Lipinski definition) is 6. The largest absolute Gasteiger partial charge is 0.455 e. The maximum Gasteiger partial charge on any atom is 0.240 e. The predicted molar refractivity (Wildman–Crippen MR) is 128 cm³/mol. The number of hydrogen-bond donors (Lipinski definition) is 2. The third-order valence-corrected chi connectivity index (χ3v) is 5.86. The number of nitrogens with zero attached hydrogens (tertiary/aromatic N) is 2. The predicted octanol–water partition coefficient (Wildman–Crippen LogP) is 4.86. The van der Waals surface area contributed by atoms with E-state index in [4.69, 9.17) is 16.0 Å². The molecule has 0 spiro atoms. The van der Waals surface area contributed by atoms with Crippen molar-refractivity contribution in [2.75, 3.05) is 5.32 Å². The Bertz CT molecular complexity index is 1200. The van der Waals surface area contributed by atoms with Gasteiger partial charge in [0.05, 0.1) is 6.21 Å². The molecule has 0 bridgehead atoms. The molecule has 2 aromatic carbocycles. The Morgan fingerprint density at radius 2 is 2.03 bits per heavy atom. The molecule has 0 radical (unpaired) electrons. The van der Waals surface area contributed by atoms with E-state index < -0.39 is 5.25 Å². The summed E-state index contributed by atoms with van der Waals surface area (Å²) in [5.74, 6) is 0.650. The molecule has 1 fully saturated rings. The van der Waals surface area contributed by atoms with Crippen molar-refractivity contribution in [1.29, 1.82) is 0 Å². The van der Waals surface area contributed by atoms with Gasteiger partial charge in [-0.25, -0.2) is 0 Å². The summed E-state index contributed by atoms with van der Waals surface area (Å²) in [5.41, 5.74) is 2.65. The minimum Gasteiger partial charge on any atom is -0.455 e. The van der Waals surface area contributed by atoms with Gasteiger partial charge in [-0.1, -0.05) is 53.2 Å². The lowest BCUT2D eigenvalue weighted by atomic mass is 10.2. The fourth-order valence-corrected chi connectivity index (χ4v) is 4.08. The van der Waals surface area contributed by atoms with Gasteiger partial charge < -0.3 is 15.1 Å². The molecule has 0 aliphatic carbocycles. The molecule has 1 saturated heterocycles. The van der Waals surface area contributed by atoms with Crippen LogP contribution in [0.5, 0.6) is 0 Å². The van der Waals surface area contributed by atoms with Crippen LogP contribution in [0.1, 0.15) is 17.7 Å². The summed E-state index contributed by atoms with van der Waals surface area (Å²) >= 11 is 7.18. The first-order chi connectivity index (χ1) is 15.5. The van der Waals surface area contributed by atoms with Crippen molar-refractivity contribution in [2.45, 2.75) is 18.6 Å². The average molecular weight is 467 g/mol. The van der Waals surface area contributed by atoms with Crippen LogP contribution in [0.2, 0.25) is 5.02 Å². The van der Waals surface area contributed by atoms with Crippen LogP contribution in [0.15, 0.2) is 75.3 Å². The SMILES string of the molecule is Cc1ccc(NC(=O)CC2S/C(=N/N=Cc3ccc(-c4cccc(Cl)c4)o3)NC2=O)cc1. The normalized spacial score (nSPS) is 17.1. The van der Waals surface area contributed by atoms with Crippen LogP contribution in [-0.4, -0.2) is 28.4 Å². The number of amidine groups is 1. The first-order valence-corrected chi connectivity index (χ1v) is 11.0. The van der Waals surface area contributed by atoms with Gasteiger partial charge in [-0.2, -0.15) is 5.10 Å². The summed E-state index contributed by atoms with van der Waals surface area (Å²) in [5, 5.41) is 13.8. The molecular formula is C23H19ClN4O3S. The molecule has 2 heterocycles. The van der Waals surface area contributed by atoms with E-state index >= 15 is 0 Å². The zero-order chi connectivity index (χ0) is 22.5. The van der Waals surface area contributed by atoms with Crippen LogP contribution in [0.4, 0.5) is 5.69 Å². The summed E-state index contributed by atoms with van der Waals surface area (Å²) < 4.78 is 5.72. The Kier molecular flexibility index (Phi) is 6.72. The number of aryl methyl sites for hydroxylation is 1. The number of carbonyl (C=O) groups is 2. The van der Waals surface area contributed by atoms with Crippen molar-refractivity contribution < 1.29 is 14.0 Å². The number of benzene rings is 2. The zero-order valence-electron chi connectivity index (χ0n) is 17.0. The maximum atomic E-state index is 12.3. The number of amides is 2. The molecule has 2 amide bonds. The summed E-state index contributed by atoms with van der Waals surface area (Å²) in [6.07, 6.45) is 1.49. The summed E-state index contributed by atoms with van der Waals surface area (Å²) in [7, 11) is 0. The van der Waals surface area contributed by atoms with Crippen molar-refractivity contribution in [2.24, 2.45) is 10.2 Å². The number of halogens is 1. The Balaban J connectivity index is 1.32. The molecule has 4 rings (SSSR count). The quantitative estimate of drug-likeness (QED) is 0.400. The molecular weight excluding hydrogens is 448 g/mol. The topological polar surface area (TPSA) is 96.1 Å². The third-order valence-electron chi connectivity index (χ3n) is 4.55. The lowest BCUT2D eigenvalue weighted by molar-refractivity contribution is -0.122. The summed E-state index contributed by atoms with van der Waals surface area (Å²) in [4.78, 5) is 24.4. The van der Waals surface area contributed by atoms with Crippen molar-refractivity contribution in [3.8, 4) is 11.3 Å². The van der Waals surface area contributed by atoms with Gasteiger partial charge in [0.15, 0.2) is 5.17 Å². The molecule has 1 unspecified atom stereocenters. The van der Waals surface area contributed by atoms with E-state index in [9.17, 15) is 9.59 Å². The van der Waals surface area contributed by atoms with E-state index in [1.165, 1.54) is 18.0 Å². The Hall–Kier alpha value is -3.36. The highest BCUT2D eigenvalue weighted by Gasteiger charge is 2.32. The van der Waals surface area contributed by atoms with Crippen molar-refractivity contribution in [1.82, 2.24) is 5.32 Å². The fourth-order valence-electron chi connectivity index (χ4n) is 2.96. The molecule has 1 aliphatic heterocycles. The average Bonchev–Trinajstić information content (AvgIpc) is 3.37. The second-order valence-corrected chi connectivity index (χ2v) is 8.70. The standard InChI is InChI=1S/C23H19ClN4O3S/c1-14-5-7-17(8-6-14)26-21(29)12-20-22(30)27-23(32-20)28-25-13-18-9-10-19(31-18)15-3-2-4-16(24)11-15/h2-11,13,20H,12H2,1H3,(H,26,29)(H,27,28,30). The van der Waals surface area contributed by atoms with E-state index in [1.54, 1.807) is 18.2 Å². The van der Waals surface area contributed by atoms with E-state index in [2.05, 4.69) is 20.8 Å². The fraction of sp³-hybridized carbons (Fsp3) is 0.130. The van der Waals surface area contributed by atoms with Gasteiger partial charge in [0.2, 0.25) is 11.8 Å². The number of anilines is 1. The zero-order valence-corrected chi connectivity index (χ0v) is 18.6. The highest BCUT2D eigenvalue weighted by Crippen LogP contribution is 2.25. The monoisotopic (exact) mass is 466 g/mol. The molecule has 2 N–H and O–H groups in total. The molecule has 32 heavy (non-hydrogen) atoms. The number of nitrogens with one attached hydrogen (secondary N) is 2. The number of thioether (sulfide) groups is 1. The van der Waals surface area contributed by atoms with Crippen LogP contribution < -0.4 is 10.6 Å². The van der Waals surface area contributed by atoms with Gasteiger partial charge in [-0.05, 0) is 43.3 Å². The van der Waals surface area contributed by atoms with Gasteiger partial charge >= 0.3 is 0 Å². The molecule has 7 nitrogen and oxygen atoms in total. The first kappa shape index (κ1) is 21.9. The number of furan rings is 1. The summed E-state index contributed by atoms with van der Waals surface area (Å²) in [6.45, 7) is 1.97. The van der Waals surface area contributed by atoms with Gasteiger partial charge in [-0.3, -0.25) is 9.59 Å². The lowest BCUT2D eigenvalue weighted by Crippen LogP contribution is -2.28. The van der Waals surface area contributed by atoms with Gasteiger partial charge in [0.25, 0.3) is 0 Å². The summed E-state index contributed by atoms with van der Waals surface area (Å²) in [6, 6.07) is 18.4. The highest BCUT2D eigenvalue weighted by molar-refractivity contribution is 8.15. The minimum atomic E-state index is -0.563. The maximum absolute atomic E-state index is 12.3. The molecule has 1 aliphatic rings. The lowest BCUT2D eigenvalue weighted by Gasteiger charge is -2.07. The molecule has 9 heteroatoms. The van der Waals surface area contributed by atoms with Gasteiger partial charge in [0, 0.05) is 22.7 Å². The third kappa shape index (κ3) is 5.66. The van der Waals surface area contributed by atoms with Crippen molar-refractivity contribution >= 4 is 52.2 Å². The van der Waals surface area contributed by atoms with Gasteiger partial charge in [0.1, 0.15) is 16.8 Å².